The topological polar surface area (TPSA) is 49.4 Å². The van der Waals surface area contributed by atoms with E-state index in [1.807, 2.05) is 18.2 Å². The van der Waals surface area contributed by atoms with Crippen molar-refractivity contribution in [3.8, 4) is 0 Å². The van der Waals surface area contributed by atoms with Crippen LogP contribution in [0.15, 0.2) is 48.5 Å². The summed E-state index contributed by atoms with van der Waals surface area (Å²) in [6.07, 6.45) is 5.11. The molecule has 1 aliphatic carbocycles. The van der Waals surface area contributed by atoms with Crippen LogP contribution >= 0.6 is 23.2 Å². The van der Waals surface area contributed by atoms with Gasteiger partial charge in [0.1, 0.15) is 0 Å². The second-order valence-electron chi connectivity index (χ2n) is 8.66. The molecule has 4 nitrogen and oxygen atoms in total. The minimum atomic E-state index is -0.0595. The maximum atomic E-state index is 12.4. The summed E-state index contributed by atoms with van der Waals surface area (Å²) in [4.78, 5) is 27.0. The van der Waals surface area contributed by atoms with Crippen LogP contribution in [0.1, 0.15) is 54.4 Å². The number of carbonyl (C=O) groups excluding carboxylic acids is 2. The largest absolute Gasteiger partial charge is 0.353 e. The quantitative estimate of drug-likeness (QED) is 0.524. The fourth-order valence-corrected chi connectivity index (χ4v) is 4.71. The van der Waals surface area contributed by atoms with Crippen LogP contribution in [0.4, 0.5) is 0 Å². The van der Waals surface area contributed by atoms with E-state index in [1.54, 1.807) is 24.3 Å². The fraction of sp³-hybridized carbons (Fsp3) is 0.440. The van der Waals surface area contributed by atoms with E-state index in [2.05, 4.69) is 30.4 Å². The van der Waals surface area contributed by atoms with Crippen molar-refractivity contribution in [2.45, 2.75) is 56.5 Å². The van der Waals surface area contributed by atoms with Gasteiger partial charge in [-0.2, -0.15) is 0 Å². The molecule has 2 aromatic rings. The van der Waals surface area contributed by atoms with E-state index in [1.165, 1.54) is 5.56 Å². The molecule has 0 atom stereocenters. The van der Waals surface area contributed by atoms with E-state index in [4.69, 9.17) is 23.2 Å². The highest BCUT2D eigenvalue weighted by Gasteiger charge is 2.38. The van der Waals surface area contributed by atoms with Crippen LogP contribution in [0.25, 0.3) is 0 Å². The van der Waals surface area contributed by atoms with Gasteiger partial charge in [-0.1, -0.05) is 41.4 Å². The highest BCUT2D eigenvalue weighted by molar-refractivity contribution is 6.31. The van der Waals surface area contributed by atoms with E-state index in [0.29, 0.717) is 10.6 Å². The molecule has 1 amide bonds. The minimum absolute atomic E-state index is 0.0385. The summed E-state index contributed by atoms with van der Waals surface area (Å²) in [6, 6.07) is 15.0. The molecule has 0 bridgehead atoms. The molecule has 3 rings (SSSR count). The lowest BCUT2D eigenvalue weighted by molar-refractivity contribution is -0.122. The van der Waals surface area contributed by atoms with Crippen molar-refractivity contribution < 1.29 is 9.59 Å². The van der Waals surface area contributed by atoms with Gasteiger partial charge in [0.25, 0.3) is 0 Å². The zero-order valence-corrected chi connectivity index (χ0v) is 19.7. The number of nitrogens with one attached hydrogen (secondary N) is 1. The molecular weight excluding hydrogens is 431 g/mol. The Labute approximate surface area is 194 Å². The van der Waals surface area contributed by atoms with Crippen LogP contribution in [-0.2, 0) is 11.2 Å². The Morgan fingerprint density at radius 2 is 1.65 bits per heavy atom. The molecule has 0 aromatic heterocycles. The van der Waals surface area contributed by atoms with Gasteiger partial charge in [-0.15, -0.1) is 0 Å². The van der Waals surface area contributed by atoms with Gasteiger partial charge >= 0.3 is 0 Å². The Balaban J connectivity index is 1.50. The molecule has 0 heterocycles. The average Bonchev–Trinajstić information content (AvgIpc) is 2.75. The smallest absolute Gasteiger partial charge is 0.220 e. The molecule has 0 aliphatic heterocycles. The number of nitrogens with zero attached hydrogens (tertiary/aromatic N) is 1. The zero-order valence-electron chi connectivity index (χ0n) is 18.2. The Bertz CT molecular complexity index is 904. The third kappa shape index (κ3) is 6.31. The molecule has 1 N–H and O–H groups in total. The van der Waals surface area contributed by atoms with Gasteiger partial charge in [-0.25, -0.2) is 0 Å². The lowest BCUT2D eigenvalue weighted by Gasteiger charge is -2.45. The Morgan fingerprint density at radius 1 is 1.00 bits per heavy atom. The number of hydrogen-bond donors (Lipinski definition) is 1. The van der Waals surface area contributed by atoms with Crippen molar-refractivity contribution >= 4 is 34.9 Å². The number of rotatable bonds is 8. The predicted octanol–water partition coefficient (Wildman–Crippen LogP) is 5.56. The van der Waals surface area contributed by atoms with E-state index < -0.39 is 0 Å². The fourth-order valence-electron chi connectivity index (χ4n) is 4.38. The summed E-state index contributed by atoms with van der Waals surface area (Å²) in [6.45, 7) is 0. The number of carbonyl (C=O) groups is 2. The molecular formula is C25H30Cl2N2O2. The van der Waals surface area contributed by atoms with Crippen LogP contribution in [-0.4, -0.2) is 42.3 Å². The number of ketones is 1. The predicted molar refractivity (Wildman–Crippen MR) is 127 cm³/mol. The summed E-state index contributed by atoms with van der Waals surface area (Å²) < 4.78 is 0. The highest BCUT2D eigenvalue weighted by Crippen LogP contribution is 2.36. The first kappa shape index (κ1) is 23.8. The number of halogens is 2. The minimum Gasteiger partial charge on any atom is -0.353 e. The second-order valence-corrected chi connectivity index (χ2v) is 9.50. The maximum absolute atomic E-state index is 12.4. The Morgan fingerprint density at radius 3 is 2.26 bits per heavy atom. The van der Waals surface area contributed by atoms with E-state index >= 15 is 0 Å². The molecule has 1 saturated carbocycles. The third-order valence-electron chi connectivity index (χ3n) is 6.45. The van der Waals surface area contributed by atoms with Gasteiger partial charge in [-0.05, 0) is 82.1 Å². The molecule has 6 heteroatoms. The van der Waals surface area contributed by atoms with E-state index in [9.17, 15) is 9.59 Å². The summed E-state index contributed by atoms with van der Waals surface area (Å²) in [5.74, 6) is -0.0994. The molecule has 0 radical (unpaired) electrons. The van der Waals surface area contributed by atoms with Crippen molar-refractivity contribution in [2.75, 3.05) is 14.1 Å². The van der Waals surface area contributed by atoms with Crippen molar-refractivity contribution in [1.82, 2.24) is 10.2 Å². The van der Waals surface area contributed by atoms with E-state index in [0.717, 1.165) is 37.1 Å². The molecule has 0 spiro atoms. The number of Topliss-reactive ketones (excluding diaryl/α,β-unsaturated/α-hetero) is 1. The molecule has 31 heavy (non-hydrogen) atoms. The number of hydrogen-bond acceptors (Lipinski definition) is 3. The normalized spacial score (nSPS) is 21.1. The van der Waals surface area contributed by atoms with E-state index in [-0.39, 0.29) is 36.1 Å². The van der Waals surface area contributed by atoms with Crippen molar-refractivity contribution in [2.24, 2.45) is 0 Å². The molecule has 0 saturated heterocycles. The second kappa shape index (κ2) is 10.6. The molecule has 1 fully saturated rings. The molecule has 1 aliphatic rings. The van der Waals surface area contributed by atoms with Crippen LogP contribution in [0.3, 0.4) is 0 Å². The molecule has 166 valence electrons. The van der Waals surface area contributed by atoms with Gasteiger partial charge in [0, 0.05) is 40.0 Å². The SMILES string of the molecule is CN(C)C1(Cc2ccccc2Cl)CCC(NC(=O)CCC(=O)c2ccc(Cl)cc2)CC1. The Hall–Kier alpha value is -1.88. The van der Waals surface area contributed by atoms with Crippen LogP contribution in [0.5, 0.6) is 0 Å². The van der Waals surface area contributed by atoms with Gasteiger partial charge in [0.2, 0.25) is 5.91 Å². The first-order valence-corrected chi connectivity index (χ1v) is 11.5. The van der Waals surface area contributed by atoms with Gasteiger partial charge in [0.15, 0.2) is 5.78 Å². The lowest BCUT2D eigenvalue weighted by Crippen LogP contribution is -2.52. The monoisotopic (exact) mass is 460 g/mol. The van der Waals surface area contributed by atoms with Crippen LogP contribution in [0, 0.1) is 0 Å². The standard InChI is InChI=1S/C25H30Cl2N2O2/c1-29(2)25(17-19-5-3-4-6-22(19)27)15-13-21(14-16-25)28-24(31)12-11-23(30)18-7-9-20(26)10-8-18/h3-10,21H,11-17H2,1-2H3,(H,28,31). The van der Waals surface area contributed by atoms with Gasteiger partial charge in [0.05, 0.1) is 0 Å². The van der Waals surface area contributed by atoms with Crippen LogP contribution < -0.4 is 5.32 Å². The number of amides is 1. The first-order chi connectivity index (χ1) is 14.8. The first-order valence-electron chi connectivity index (χ1n) is 10.8. The molecule has 0 unspecified atom stereocenters. The summed E-state index contributed by atoms with van der Waals surface area (Å²) in [7, 11) is 4.25. The third-order valence-corrected chi connectivity index (χ3v) is 7.07. The molecule has 2 aromatic carbocycles. The summed E-state index contributed by atoms with van der Waals surface area (Å²) >= 11 is 12.3. The zero-order chi connectivity index (χ0) is 22.4. The summed E-state index contributed by atoms with van der Waals surface area (Å²) in [5, 5.41) is 4.53. The van der Waals surface area contributed by atoms with Gasteiger partial charge in [-0.3, -0.25) is 9.59 Å². The van der Waals surface area contributed by atoms with Gasteiger partial charge < -0.3 is 10.2 Å². The maximum Gasteiger partial charge on any atom is 0.220 e. The van der Waals surface area contributed by atoms with Crippen molar-refractivity contribution in [3.05, 3.63) is 69.7 Å². The van der Waals surface area contributed by atoms with Crippen LogP contribution in [0.2, 0.25) is 10.0 Å². The average molecular weight is 461 g/mol. The van der Waals surface area contributed by atoms with Crippen molar-refractivity contribution in [1.29, 1.82) is 0 Å². The highest BCUT2D eigenvalue weighted by atomic mass is 35.5. The number of benzene rings is 2. The van der Waals surface area contributed by atoms with Crippen molar-refractivity contribution in [3.63, 3.8) is 0 Å². The number of likely N-dealkylation sites (N-methyl/N-ethyl adjacent to an activating group) is 1. The summed E-state index contributed by atoms with van der Waals surface area (Å²) in [5.41, 5.74) is 1.79. The lowest BCUT2D eigenvalue weighted by atomic mass is 9.74. The Kier molecular flexibility index (Phi) is 8.15.